The lowest BCUT2D eigenvalue weighted by Crippen LogP contribution is -2.22. The minimum Gasteiger partial charge on any atom is -0.462 e. The van der Waals surface area contributed by atoms with Crippen molar-refractivity contribution in [1.29, 1.82) is 0 Å². The number of amides is 2. The molecule has 0 aromatic carbocycles. The zero-order valence-electron chi connectivity index (χ0n) is 19.5. The summed E-state index contributed by atoms with van der Waals surface area (Å²) in [4.78, 5) is 50.9. The summed E-state index contributed by atoms with van der Waals surface area (Å²) in [6.45, 7) is 3.04. The maximum Gasteiger partial charge on any atom is 0.341 e. The van der Waals surface area contributed by atoms with Gasteiger partial charge in [0.1, 0.15) is 5.00 Å². The fourth-order valence-electron chi connectivity index (χ4n) is 3.85. The summed E-state index contributed by atoms with van der Waals surface area (Å²) in [6.07, 6.45) is 8.38. The molecule has 0 atom stereocenters. The molecule has 1 aromatic heterocycles. The van der Waals surface area contributed by atoms with Crippen molar-refractivity contribution in [3.05, 3.63) is 16.0 Å². The van der Waals surface area contributed by atoms with Crippen LogP contribution in [-0.4, -0.2) is 56.0 Å². The Kier molecular flexibility index (Phi) is 10.2. The average Bonchev–Trinajstić information content (AvgIpc) is 3.08. The van der Waals surface area contributed by atoms with Gasteiger partial charge in [-0.1, -0.05) is 32.1 Å². The van der Waals surface area contributed by atoms with Gasteiger partial charge < -0.3 is 19.7 Å². The van der Waals surface area contributed by atoms with Crippen LogP contribution < -0.4 is 5.32 Å². The number of carbonyl (C=O) groups excluding carboxylic acids is 4. The van der Waals surface area contributed by atoms with Crippen molar-refractivity contribution in [2.24, 2.45) is 5.92 Å². The molecule has 2 amide bonds. The number of ether oxygens (including phenoxy) is 2. The summed E-state index contributed by atoms with van der Waals surface area (Å²) in [5.41, 5.74) is 0.594. The highest BCUT2D eigenvalue weighted by Gasteiger charge is 2.27. The third-order valence-electron chi connectivity index (χ3n) is 5.56. The normalized spacial score (nSPS) is 14.0. The Morgan fingerprint density at radius 2 is 1.78 bits per heavy atom. The molecule has 0 bridgehead atoms. The van der Waals surface area contributed by atoms with Crippen molar-refractivity contribution in [2.45, 2.75) is 65.2 Å². The van der Waals surface area contributed by atoms with Gasteiger partial charge in [0.05, 0.1) is 17.0 Å². The number of hydrogen-bond donors (Lipinski definition) is 1. The number of anilines is 1. The summed E-state index contributed by atoms with van der Waals surface area (Å²) < 4.78 is 10.2. The van der Waals surface area contributed by atoms with E-state index in [1.807, 2.05) is 0 Å². The van der Waals surface area contributed by atoms with Gasteiger partial charge in [-0.2, -0.15) is 0 Å². The van der Waals surface area contributed by atoms with E-state index in [2.05, 4.69) is 5.32 Å². The topological polar surface area (TPSA) is 102 Å². The summed E-state index contributed by atoms with van der Waals surface area (Å²) in [7, 11) is 3.22. The lowest BCUT2D eigenvalue weighted by molar-refractivity contribution is -0.147. The highest BCUT2D eigenvalue weighted by molar-refractivity contribution is 7.18. The van der Waals surface area contributed by atoms with E-state index in [-0.39, 0.29) is 29.5 Å². The summed E-state index contributed by atoms with van der Waals surface area (Å²) in [5, 5.41) is 2.81. The number of esters is 2. The van der Waals surface area contributed by atoms with Gasteiger partial charge in [-0.15, -0.1) is 11.3 Å². The number of hydrogen-bond acceptors (Lipinski definition) is 7. The zero-order valence-corrected chi connectivity index (χ0v) is 20.3. The van der Waals surface area contributed by atoms with Gasteiger partial charge in [0, 0.05) is 20.5 Å². The minimum absolute atomic E-state index is 0.147. The maximum atomic E-state index is 12.4. The maximum absolute atomic E-state index is 12.4. The van der Waals surface area contributed by atoms with E-state index in [1.165, 1.54) is 37.0 Å². The van der Waals surface area contributed by atoms with Crippen LogP contribution in [-0.2, 0) is 19.1 Å². The van der Waals surface area contributed by atoms with Crippen molar-refractivity contribution in [2.75, 3.05) is 32.6 Å². The second-order valence-electron chi connectivity index (χ2n) is 8.29. The van der Waals surface area contributed by atoms with E-state index in [4.69, 9.17) is 9.47 Å². The molecule has 1 N–H and O–H groups in total. The van der Waals surface area contributed by atoms with Crippen LogP contribution in [0, 0.1) is 12.8 Å². The van der Waals surface area contributed by atoms with Gasteiger partial charge in [-0.05, 0) is 38.2 Å². The number of thiophene rings is 1. The standard InChI is InChI=1S/C23H34N2O6S/c1-5-30-23(29)19-15(2)20(22(28)25(3)4)32-21(19)24-17(26)14-31-18(27)13-9-12-16-10-7-6-8-11-16/h16H,5-14H2,1-4H3,(H,24,26). The largest absolute Gasteiger partial charge is 0.462 e. The Morgan fingerprint density at radius 1 is 1.09 bits per heavy atom. The van der Waals surface area contributed by atoms with Gasteiger partial charge in [-0.3, -0.25) is 14.4 Å². The van der Waals surface area contributed by atoms with Crippen LogP contribution in [0.25, 0.3) is 0 Å². The Balaban J connectivity index is 1.93. The molecule has 0 saturated heterocycles. The van der Waals surface area contributed by atoms with Crippen molar-refractivity contribution in [3.63, 3.8) is 0 Å². The second kappa shape index (κ2) is 12.6. The van der Waals surface area contributed by atoms with Crippen molar-refractivity contribution in [3.8, 4) is 0 Å². The van der Waals surface area contributed by atoms with Gasteiger partial charge in [0.15, 0.2) is 6.61 Å². The zero-order chi connectivity index (χ0) is 23.7. The second-order valence-corrected chi connectivity index (χ2v) is 9.31. The molecule has 8 nitrogen and oxygen atoms in total. The van der Waals surface area contributed by atoms with Gasteiger partial charge in [-0.25, -0.2) is 4.79 Å². The smallest absolute Gasteiger partial charge is 0.341 e. The number of nitrogens with one attached hydrogen (secondary N) is 1. The molecule has 9 heteroatoms. The van der Waals surface area contributed by atoms with E-state index in [0.717, 1.165) is 24.2 Å². The third-order valence-corrected chi connectivity index (χ3v) is 6.76. The first kappa shape index (κ1) is 25.8. The molecule has 2 rings (SSSR count). The molecule has 1 aromatic rings. The van der Waals surface area contributed by atoms with Gasteiger partial charge in [0.2, 0.25) is 0 Å². The molecule has 32 heavy (non-hydrogen) atoms. The van der Waals surface area contributed by atoms with Crippen LogP contribution in [0.2, 0.25) is 0 Å². The molecule has 0 spiro atoms. The Bertz CT molecular complexity index is 827. The van der Waals surface area contributed by atoms with E-state index in [0.29, 0.717) is 16.4 Å². The van der Waals surface area contributed by atoms with Gasteiger partial charge >= 0.3 is 11.9 Å². The minimum atomic E-state index is -0.617. The van der Waals surface area contributed by atoms with Crippen molar-refractivity contribution >= 4 is 40.1 Å². The number of nitrogens with zero attached hydrogens (tertiary/aromatic N) is 1. The van der Waals surface area contributed by atoms with E-state index >= 15 is 0 Å². The molecule has 178 valence electrons. The number of rotatable bonds is 10. The van der Waals surface area contributed by atoms with Crippen LogP contribution in [0.15, 0.2) is 0 Å². The Hall–Kier alpha value is -2.42. The molecule has 0 radical (unpaired) electrons. The van der Waals surface area contributed by atoms with Gasteiger partial charge in [0.25, 0.3) is 11.8 Å². The molecule has 0 aliphatic heterocycles. The summed E-state index contributed by atoms with van der Waals surface area (Å²) in [6, 6.07) is 0. The first-order valence-electron chi connectivity index (χ1n) is 11.2. The van der Waals surface area contributed by atoms with Crippen molar-refractivity contribution < 1.29 is 28.7 Å². The van der Waals surface area contributed by atoms with Crippen molar-refractivity contribution in [1.82, 2.24) is 4.90 Å². The summed E-state index contributed by atoms with van der Waals surface area (Å²) >= 11 is 1.00. The number of carbonyl (C=O) groups is 4. The average molecular weight is 467 g/mol. The van der Waals surface area contributed by atoms with Crippen LogP contribution >= 0.6 is 11.3 Å². The highest BCUT2D eigenvalue weighted by atomic mass is 32.1. The third kappa shape index (κ3) is 7.32. The molecule has 0 unspecified atom stereocenters. The lowest BCUT2D eigenvalue weighted by atomic mass is 9.86. The van der Waals surface area contributed by atoms with E-state index < -0.39 is 24.5 Å². The fraction of sp³-hybridized carbons (Fsp3) is 0.652. The predicted molar refractivity (Wildman–Crippen MR) is 123 cm³/mol. The molecule has 1 fully saturated rings. The van der Waals surface area contributed by atoms with Crippen LogP contribution in [0.3, 0.4) is 0 Å². The van der Waals surface area contributed by atoms with E-state index in [9.17, 15) is 19.2 Å². The molecule has 1 aliphatic rings. The fourth-order valence-corrected chi connectivity index (χ4v) is 5.08. The van der Waals surface area contributed by atoms with Crippen LogP contribution in [0.1, 0.15) is 83.9 Å². The highest BCUT2D eigenvalue weighted by Crippen LogP contribution is 2.34. The first-order valence-corrected chi connectivity index (χ1v) is 12.0. The van der Waals surface area contributed by atoms with Crippen LogP contribution in [0.5, 0.6) is 0 Å². The summed E-state index contributed by atoms with van der Waals surface area (Å²) in [5.74, 6) is -1.17. The monoisotopic (exact) mass is 466 g/mol. The lowest BCUT2D eigenvalue weighted by Gasteiger charge is -2.20. The molecule has 1 saturated carbocycles. The SMILES string of the molecule is CCOC(=O)c1c(NC(=O)COC(=O)CCCC2CCCCC2)sc(C(=O)N(C)C)c1C. The molecular weight excluding hydrogens is 432 g/mol. The Labute approximate surface area is 193 Å². The molecule has 1 aliphatic carbocycles. The Morgan fingerprint density at radius 3 is 2.41 bits per heavy atom. The van der Waals surface area contributed by atoms with E-state index in [1.54, 1.807) is 27.9 Å². The predicted octanol–water partition coefficient (Wildman–Crippen LogP) is 4.17. The van der Waals surface area contributed by atoms with Crippen LogP contribution in [0.4, 0.5) is 5.00 Å². The molecule has 1 heterocycles. The molecular formula is C23H34N2O6S. The quantitative estimate of drug-likeness (QED) is 0.519. The first-order chi connectivity index (χ1) is 15.2.